The molecule has 2 amide bonds. The molecule has 1 fully saturated rings. The maximum Gasteiger partial charge on any atom is 0.291 e. The van der Waals surface area contributed by atoms with Gasteiger partial charge in [0.25, 0.3) is 12.4 Å². The molecular formula is C17H23N7O4. The predicted octanol–water partition coefficient (Wildman–Crippen LogP) is -0.256. The average molecular weight is 389 g/mol. The van der Waals surface area contributed by atoms with Crippen molar-refractivity contribution in [2.24, 2.45) is 7.05 Å². The Morgan fingerprint density at radius 1 is 1.21 bits per heavy atom. The Morgan fingerprint density at radius 2 is 1.82 bits per heavy atom. The molecule has 0 atom stereocenters. The molecule has 1 aliphatic heterocycles. The third kappa shape index (κ3) is 4.61. The van der Waals surface area contributed by atoms with Crippen molar-refractivity contribution in [3.8, 4) is 0 Å². The number of aryl methyl sites for hydroxylation is 1. The summed E-state index contributed by atoms with van der Waals surface area (Å²) >= 11 is 0. The van der Waals surface area contributed by atoms with Crippen molar-refractivity contribution >= 4 is 24.1 Å². The summed E-state index contributed by atoms with van der Waals surface area (Å²) in [6.45, 7) is 0.630. The average Bonchev–Trinajstić information content (AvgIpc) is 3.13. The maximum atomic E-state index is 12.5. The molecule has 28 heavy (non-hydrogen) atoms. The Kier molecular flexibility index (Phi) is 7.02. The van der Waals surface area contributed by atoms with Crippen LogP contribution in [-0.4, -0.2) is 73.7 Å². The SMILES string of the molecule is CNC(=O)C1(Nc2ccnn2C)CCN(C(=O)c2ncccn2)CC1.O=CO. The van der Waals surface area contributed by atoms with Crippen molar-refractivity contribution in [2.75, 3.05) is 25.5 Å². The van der Waals surface area contributed by atoms with E-state index < -0.39 is 5.54 Å². The number of anilines is 1. The molecule has 3 heterocycles. The summed E-state index contributed by atoms with van der Waals surface area (Å²) in [4.78, 5) is 43.1. The van der Waals surface area contributed by atoms with Crippen LogP contribution in [0.1, 0.15) is 23.5 Å². The minimum absolute atomic E-state index is 0.100. The molecule has 0 bridgehead atoms. The molecule has 2 aromatic heterocycles. The van der Waals surface area contributed by atoms with Crippen LogP contribution in [0.25, 0.3) is 0 Å². The van der Waals surface area contributed by atoms with E-state index in [0.29, 0.717) is 25.9 Å². The number of piperidine rings is 1. The number of aromatic nitrogens is 4. The fourth-order valence-electron chi connectivity index (χ4n) is 3.03. The van der Waals surface area contributed by atoms with Gasteiger partial charge in [0.15, 0.2) is 0 Å². The van der Waals surface area contributed by atoms with Gasteiger partial charge in [0, 0.05) is 45.6 Å². The lowest BCUT2D eigenvalue weighted by Crippen LogP contribution is -2.58. The lowest BCUT2D eigenvalue weighted by atomic mass is 9.86. The van der Waals surface area contributed by atoms with Crippen LogP contribution < -0.4 is 10.6 Å². The monoisotopic (exact) mass is 389 g/mol. The molecule has 11 nitrogen and oxygen atoms in total. The Morgan fingerprint density at radius 3 is 2.32 bits per heavy atom. The van der Waals surface area contributed by atoms with Crippen molar-refractivity contribution < 1.29 is 19.5 Å². The van der Waals surface area contributed by atoms with Gasteiger partial charge in [-0.2, -0.15) is 5.10 Å². The van der Waals surface area contributed by atoms with Crippen molar-refractivity contribution in [2.45, 2.75) is 18.4 Å². The van der Waals surface area contributed by atoms with Crippen molar-refractivity contribution in [3.05, 3.63) is 36.5 Å². The van der Waals surface area contributed by atoms with Gasteiger partial charge >= 0.3 is 0 Å². The topological polar surface area (TPSA) is 142 Å². The highest BCUT2D eigenvalue weighted by Crippen LogP contribution is 2.27. The first-order chi connectivity index (χ1) is 13.5. The predicted molar refractivity (Wildman–Crippen MR) is 99.5 cm³/mol. The fraction of sp³-hybridized carbons (Fsp3) is 0.412. The highest BCUT2D eigenvalue weighted by atomic mass is 16.3. The van der Waals surface area contributed by atoms with E-state index in [4.69, 9.17) is 9.90 Å². The standard InChI is InChI=1S/C16H21N7O2.CH2O2/c1-17-15(25)16(21-12-4-9-20-22(12)2)5-10-23(11-6-16)14(24)13-18-7-3-8-19-13;2-1-3/h3-4,7-9,21H,5-6,10-11H2,1-2H3,(H,17,25);1H,(H,2,3). The Bertz CT molecular complexity index is 801. The first-order valence-electron chi connectivity index (χ1n) is 8.60. The number of carboxylic acid groups (broad SMARTS) is 1. The third-order valence-electron chi connectivity index (χ3n) is 4.51. The molecule has 11 heteroatoms. The van der Waals surface area contributed by atoms with Gasteiger partial charge in [-0.3, -0.25) is 19.1 Å². The highest BCUT2D eigenvalue weighted by Gasteiger charge is 2.42. The van der Waals surface area contributed by atoms with Gasteiger partial charge in [0.2, 0.25) is 11.7 Å². The van der Waals surface area contributed by atoms with E-state index in [0.717, 1.165) is 5.82 Å². The number of hydrogen-bond acceptors (Lipinski definition) is 7. The molecular weight excluding hydrogens is 366 g/mol. The maximum absolute atomic E-state index is 12.5. The van der Waals surface area contributed by atoms with Gasteiger partial charge in [-0.05, 0) is 18.9 Å². The number of amides is 2. The second kappa shape index (κ2) is 9.44. The zero-order valence-electron chi connectivity index (χ0n) is 15.7. The zero-order valence-corrected chi connectivity index (χ0v) is 15.7. The summed E-state index contributed by atoms with van der Waals surface area (Å²) in [7, 11) is 3.43. The van der Waals surface area contributed by atoms with Gasteiger partial charge in [0.05, 0.1) is 6.20 Å². The van der Waals surface area contributed by atoms with E-state index in [2.05, 4.69) is 25.7 Å². The second-order valence-electron chi connectivity index (χ2n) is 6.10. The lowest BCUT2D eigenvalue weighted by Gasteiger charge is -2.41. The number of nitrogens with zero attached hydrogens (tertiary/aromatic N) is 5. The minimum Gasteiger partial charge on any atom is -0.483 e. The molecule has 150 valence electrons. The molecule has 0 aromatic carbocycles. The molecule has 1 aliphatic rings. The first kappa shape index (κ1) is 20.8. The smallest absolute Gasteiger partial charge is 0.291 e. The van der Waals surface area contributed by atoms with Crippen molar-refractivity contribution in [1.82, 2.24) is 30.0 Å². The fourth-order valence-corrected chi connectivity index (χ4v) is 3.03. The minimum atomic E-state index is -0.781. The highest BCUT2D eigenvalue weighted by molar-refractivity contribution is 5.92. The van der Waals surface area contributed by atoms with E-state index in [1.165, 1.54) is 0 Å². The van der Waals surface area contributed by atoms with E-state index in [1.807, 2.05) is 13.1 Å². The van der Waals surface area contributed by atoms with Crippen LogP contribution in [-0.2, 0) is 16.6 Å². The largest absolute Gasteiger partial charge is 0.483 e. The van der Waals surface area contributed by atoms with Crippen LogP contribution in [0.2, 0.25) is 0 Å². The zero-order chi connectivity index (χ0) is 20.6. The van der Waals surface area contributed by atoms with Crippen LogP contribution in [0, 0.1) is 0 Å². The van der Waals surface area contributed by atoms with E-state index in [1.54, 1.807) is 41.3 Å². The summed E-state index contributed by atoms with van der Waals surface area (Å²) < 4.78 is 1.68. The number of hydrogen-bond donors (Lipinski definition) is 3. The number of carbonyl (C=O) groups is 3. The summed E-state index contributed by atoms with van der Waals surface area (Å²) in [5, 5.41) is 17.0. The van der Waals surface area contributed by atoms with Crippen molar-refractivity contribution in [1.29, 1.82) is 0 Å². The molecule has 0 aliphatic carbocycles. The van der Waals surface area contributed by atoms with E-state index in [-0.39, 0.29) is 24.1 Å². The molecule has 1 saturated heterocycles. The Labute approximate surface area is 161 Å². The second-order valence-corrected chi connectivity index (χ2v) is 6.10. The quantitative estimate of drug-likeness (QED) is 0.607. The van der Waals surface area contributed by atoms with Gasteiger partial charge in [-0.25, -0.2) is 9.97 Å². The van der Waals surface area contributed by atoms with Gasteiger partial charge < -0.3 is 20.6 Å². The summed E-state index contributed by atoms with van der Waals surface area (Å²) in [5.74, 6) is 0.618. The number of likely N-dealkylation sites (tertiary alicyclic amines) is 1. The van der Waals surface area contributed by atoms with Crippen LogP contribution in [0.3, 0.4) is 0 Å². The summed E-state index contributed by atoms with van der Waals surface area (Å²) in [6.07, 6.45) is 5.73. The third-order valence-corrected chi connectivity index (χ3v) is 4.51. The molecule has 3 N–H and O–H groups in total. The molecule has 0 radical (unpaired) electrons. The van der Waals surface area contributed by atoms with Gasteiger partial charge in [0.1, 0.15) is 11.4 Å². The molecule has 0 saturated carbocycles. The Hall–Kier alpha value is -3.50. The molecule has 3 rings (SSSR count). The lowest BCUT2D eigenvalue weighted by molar-refractivity contribution is -0.126. The van der Waals surface area contributed by atoms with E-state index in [9.17, 15) is 9.59 Å². The molecule has 0 unspecified atom stereocenters. The van der Waals surface area contributed by atoms with Gasteiger partial charge in [-0.15, -0.1) is 0 Å². The number of carbonyl (C=O) groups excluding carboxylic acids is 2. The summed E-state index contributed by atoms with van der Waals surface area (Å²) in [5.41, 5.74) is -0.781. The van der Waals surface area contributed by atoms with Gasteiger partial charge in [-0.1, -0.05) is 0 Å². The van der Waals surface area contributed by atoms with Crippen LogP contribution in [0.4, 0.5) is 5.82 Å². The Balaban J connectivity index is 0.000000878. The van der Waals surface area contributed by atoms with Crippen molar-refractivity contribution in [3.63, 3.8) is 0 Å². The van der Waals surface area contributed by atoms with Crippen LogP contribution in [0.15, 0.2) is 30.7 Å². The number of likely N-dealkylation sites (N-methyl/N-ethyl adjacent to an activating group) is 1. The first-order valence-corrected chi connectivity index (χ1v) is 8.60. The summed E-state index contributed by atoms with van der Waals surface area (Å²) in [6, 6.07) is 3.49. The molecule has 2 aromatic rings. The molecule has 0 spiro atoms. The van der Waals surface area contributed by atoms with Crippen LogP contribution in [0.5, 0.6) is 0 Å². The van der Waals surface area contributed by atoms with E-state index >= 15 is 0 Å². The van der Waals surface area contributed by atoms with Crippen LogP contribution >= 0.6 is 0 Å². The number of rotatable bonds is 4. The normalized spacial score (nSPS) is 15.0. The number of nitrogens with one attached hydrogen (secondary N) is 2.